The van der Waals surface area contributed by atoms with Crippen molar-refractivity contribution in [1.82, 2.24) is 10.2 Å². The number of hydrogen-bond donors (Lipinski definition) is 1. The number of ether oxygens (including phenoxy) is 2. The second-order valence-corrected chi connectivity index (χ2v) is 18.3. The molecule has 0 aromatic carbocycles. The van der Waals surface area contributed by atoms with Gasteiger partial charge in [-0.25, -0.2) is 0 Å². The summed E-state index contributed by atoms with van der Waals surface area (Å²) in [5, 5.41) is 9.34. The second-order valence-electron chi connectivity index (χ2n) is 5.93. The van der Waals surface area contributed by atoms with Gasteiger partial charge in [-0.1, -0.05) is 43.2 Å². The van der Waals surface area contributed by atoms with Crippen LogP contribution in [0.1, 0.15) is 12.8 Å². The van der Waals surface area contributed by atoms with Crippen LogP contribution in [0.25, 0.3) is 0 Å². The van der Waals surface area contributed by atoms with Crippen molar-refractivity contribution in [3.8, 4) is 0 Å². The van der Waals surface area contributed by atoms with Crippen LogP contribution < -0.4 is 5.32 Å². The third-order valence-electron chi connectivity index (χ3n) is 3.38. The normalized spacial score (nSPS) is 15.0. The summed E-state index contributed by atoms with van der Waals surface area (Å²) in [6, 6.07) is 0. The fourth-order valence-electron chi connectivity index (χ4n) is 2.02. The molecule has 1 fully saturated rings. The highest BCUT2D eigenvalue weighted by molar-refractivity contribution is 8.78. The molecule has 0 aromatic heterocycles. The zero-order chi connectivity index (χ0) is 22.1. The first-order chi connectivity index (χ1) is 15.4. The minimum Gasteiger partial charge on any atom is -0.370 e. The van der Waals surface area contributed by atoms with E-state index < -0.39 is 0 Å². The summed E-state index contributed by atoms with van der Waals surface area (Å²) in [4.78, 5) is 2.51. The molecule has 0 saturated carbocycles. The van der Waals surface area contributed by atoms with Crippen molar-refractivity contribution in [3.05, 3.63) is 0 Å². The molecule has 1 heterocycles. The summed E-state index contributed by atoms with van der Waals surface area (Å²) in [7, 11) is 7.43. The van der Waals surface area contributed by atoms with E-state index in [1.54, 1.807) is 10.8 Å². The lowest BCUT2D eigenvalue weighted by Crippen LogP contribution is -2.27. The average Bonchev–Trinajstić information content (AvgIpc) is 2.80. The monoisotopic (exact) mass is 620 g/mol. The fourth-order valence-corrected chi connectivity index (χ4v) is 12.7. The number of nitrogens with one attached hydrogen (secondary N) is 1. The molecule has 1 aliphatic heterocycles. The van der Waals surface area contributed by atoms with E-state index in [2.05, 4.69) is 16.5 Å². The van der Waals surface area contributed by atoms with E-state index in [4.69, 9.17) is 9.47 Å². The molecule has 31 heavy (non-hydrogen) atoms. The van der Waals surface area contributed by atoms with Gasteiger partial charge < -0.3 is 14.8 Å². The number of hydrogen-bond acceptors (Lipinski definition) is 14. The predicted molar refractivity (Wildman–Crippen MR) is 166 cm³/mol. The van der Waals surface area contributed by atoms with Crippen molar-refractivity contribution in [2.45, 2.75) is 12.8 Å². The fraction of sp³-hybridized carbons (Fsp3) is 1.00. The van der Waals surface area contributed by atoms with E-state index in [1.807, 2.05) is 103 Å². The lowest BCUT2D eigenvalue weighted by Gasteiger charge is -2.25. The summed E-state index contributed by atoms with van der Waals surface area (Å²) in [5.41, 5.74) is 0. The number of rotatable bonds is 24. The van der Waals surface area contributed by atoms with Gasteiger partial charge in [-0.3, -0.25) is 4.90 Å². The Morgan fingerprint density at radius 2 is 1.48 bits per heavy atom. The van der Waals surface area contributed by atoms with Gasteiger partial charge in [-0.15, -0.1) is 58.8 Å². The molecule has 0 spiro atoms. The van der Waals surface area contributed by atoms with Gasteiger partial charge in [-0.05, 0) is 25.6 Å². The Balaban J connectivity index is 1.62. The highest BCUT2D eigenvalue weighted by Crippen LogP contribution is 2.28. The molecule has 186 valence electrons. The van der Waals surface area contributed by atoms with E-state index in [0.29, 0.717) is 0 Å². The molecule has 0 bridgehead atoms. The molecule has 1 aliphatic rings. The molecule has 0 atom stereocenters. The Kier molecular flexibility index (Phi) is 29.2. The molecular formula is C17H36N2O2S10. The maximum absolute atomic E-state index is 5.72. The van der Waals surface area contributed by atoms with Gasteiger partial charge in [0.25, 0.3) is 0 Å². The first-order valence-electron chi connectivity index (χ1n) is 9.88. The molecule has 0 radical (unpaired) electrons. The van der Waals surface area contributed by atoms with Crippen molar-refractivity contribution in [1.29, 1.82) is 0 Å². The van der Waals surface area contributed by atoms with Crippen LogP contribution in [0, 0.1) is 0 Å². The molecular weight excluding hydrogens is 585 g/mol. The third kappa shape index (κ3) is 24.8. The summed E-state index contributed by atoms with van der Waals surface area (Å²) in [6.45, 7) is 3.95. The van der Waals surface area contributed by atoms with E-state index in [9.17, 15) is 0 Å². The Labute approximate surface area is 231 Å². The maximum atomic E-state index is 5.72. The van der Waals surface area contributed by atoms with Gasteiger partial charge in [-0.2, -0.15) is 11.8 Å². The largest absolute Gasteiger partial charge is 0.370 e. The van der Waals surface area contributed by atoms with Crippen molar-refractivity contribution >= 4 is 114 Å². The third-order valence-corrected chi connectivity index (χ3v) is 15.4. The lowest BCUT2D eigenvalue weighted by molar-refractivity contribution is 0.169. The average molecular weight is 621 g/mol. The van der Waals surface area contributed by atoms with Crippen molar-refractivity contribution in [2.75, 3.05) is 87.5 Å². The quantitative estimate of drug-likeness (QED) is 0.0678. The minimum absolute atomic E-state index is 0.801. The van der Waals surface area contributed by atoms with Gasteiger partial charge in [0.1, 0.15) is 11.9 Å². The first-order valence-corrected chi connectivity index (χ1v) is 22.0. The molecule has 0 aliphatic carbocycles. The molecule has 1 saturated heterocycles. The van der Waals surface area contributed by atoms with Crippen molar-refractivity contribution in [3.63, 3.8) is 0 Å². The van der Waals surface area contributed by atoms with Crippen molar-refractivity contribution < 1.29 is 9.47 Å². The van der Waals surface area contributed by atoms with E-state index >= 15 is 0 Å². The van der Waals surface area contributed by atoms with Crippen LogP contribution >= 0.6 is 114 Å². The van der Waals surface area contributed by atoms with E-state index in [1.165, 1.54) is 28.5 Å². The smallest absolute Gasteiger partial charge is 0.102 e. The summed E-state index contributed by atoms with van der Waals surface area (Å²) >= 11 is 11.9. The minimum atomic E-state index is 0.801. The van der Waals surface area contributed by atoms with Crippen LogP contribution in [0.15, 0.2) is 0 Å². The molecule has 0 unspecified atom stereocenters. The highest BCUT2D eigenvalue weighted by Gasteiger charge is 2.09. The lowest BCUT2D eigenvalue weighted by atomic mass is 10.4. The number of thioether (sulfide) groups is 6. The van der Waals surface area contributed by atoms with Crippen LogP contribution in [0.4, 0.5) is 0 Å². The van der Waals surface area contributed by atoms with Crippen LogP contribution in [0.3, 0.4) is 0 Å². The molecule has 4 nitrogen and oxygen atoms in total. The molecule has 1 rings (SSSR count). The molecule has 0 amide bonds. The molecule has 1 N–H and O–H groups in total. The SMILES string of the molecule is CSCSSCOCCCNCSCSCSCSSCOCCCN1CSCSC1. The van der Waals surface area contributed by atoms with Crippen LogP contribution in [0.5, 0.6) is 0 Å². The first kappa shape index (κ1) is 32.4. The van der Waals surface area contributed by atoms with E-state index in [0.717, 1.165) is 65.6 Å². The Morgan fingerprint density at radius 1 is 0.806 bits per heavy atom. The Hall–Kier alpha value is 3.34. The Morgan fingerprint density at radius 3 is 2.26 bits per heavy atom. The summed E-state index contributed by atoms with van der Waals surface area (Å²) in [5.74, 6) is 5.02. The molecule has 0 aromatic rings. The van der Waals surface area contributed by atoms with Gasteiger partial charge in [0, 0.05) is 57.7 Å². The van der Waals surface area contributed by atoms with Gasteiger partial charge in [0.2, 0.25) is 0 Å². The van der Waals surface area contributed by atoms with Gasteiger partial charge in [0.05, 0.1) is 5.08 Å². The highest BCUT2D eigenvalue weighted by atomic mass is 33.1. The summed E-state index contributed by atoms with van der Waals surface area (Å²) in [6.07, 6.45) is 4.37. The second kappa shape index (κ2) is 27.9. The molecule has 14 heteroatoms. The predicted octanol–water partition coefficient (Wildman–Crippen LogP) is 7.07. The zero-order valence-corrected chi connectivity index (χ0v) is 26.3. The van der Waals surface area contributed by atoms with Gasteiger partial charge in [0.15, 0.2) is 0 Å². The number of nitrogens with zero attached hydrogens (tertiary/aromatic N) is 1. The standard InChI is InChI=1S/C17H36N2O2S10/c1-22-13-30-28-11-20-6-2-4-18-8-23-14-26-16-27-17-31-29-12-21-7-3-5-19-9-24-15-25-10-19/h18H,2-17H2,1H3. The van der Waals surface area contributed by atoms with Crippen LogP contribution in [0.2, 0.25) is 0 Å². The maximum Gasteiger partial charge on any atom is 0.102 e. The van der Waals surface area contributed by atoms with Crippen molar-refractivity contribution in [2.24, 2.45) is 0 Å². The van der Waals surface area contributed by atoms with Crippen LogP contribution in [-0.2, 0) is 9.47 Å². The Bertz CT molecular complexity index is 361. The summed E-state index contributed by atoms with van der Waals surface area (Å²) < 4.78 is 11.3. The van der Waals surface area contributed by atoms with Gasteiger partial charge >= 0.3 is 0 Å². The van der Waals surface area contributed by atoms with E-state index in [-0.39, 0.29) is 0 Å². The van der Waals surface area contributed by atoms with Crippen LogP contribution in [-0.4, -0.2) is 92.4 Å². The topological polar surface area (TPSA) is 33.7 Å². The zero-order valence-electron chi connectivity index (χ0n) is 18.2.